The number of nitrogens with one attached hydrogen (secondary N) is 1. The van der Waals surface area contributed by atoms with Crippen molar-refractivity contribution in [2.24, 2.45) is 5.73 Å². The molecule has 0 bridgehead atoms. The van der Waals surface area contributed by atoms with Gasteiger partial charge in [0.15, 0.2) is 5.70 Å². The van der Waals surface area contributed by atoms with Crippen LogP contribution in [0.15, 0.2) is 60.3 Å². The molecule has 2 heterocycles. The lowest BCUT2D eigenvalue weighted by Crippen LogP contribution is -2.09. The average molecular weight is 378 g/mol. The number of hydrogen-bond acceptors (Lipinski definition) is 1. The molecule has 0 fully saturated rings. The van der Waals surface area contributed by atoms with E-state index in [4.69, 9.17) is 13.7 Å². The van der Waals surface area contributed by atoms with Crippen LogP contribution in [-0.2, 0) is 0 Å². The number of aromatic amines is 1. The highest BCUT2D eigenvalue weighted by molar-refractivity contribution is 6.01. The maximum atomic E-state index is 6.09. The standard InChI is InChI=1S/C25H25BN3/c1-17-9-10-19(22-7-4-3-6-21(17)22)11-12-20-16-18(2)25(28-20)23(13-14-27)24-8-5-15-29(24)26/h3-12,15-16,28H,13-14,27H2,1-2H3/q+1/b12-11+. The minimum atomic E-state index is 0.569. The molecule has 4 rings (SSSR count). The number of aryl methyl sites for hydroxylation is 2. The molecule has 4 heteroatoms. The molecule has 0 spiro atoms. The zero-order chi connectivity index (χ0) is 20.4. The van der Waals surface area contributed by atoms with Crippen LogP contribution in [-0.4, -0.2) is 30.2 Å². The quantitative estimate of drug-likeness (QED) is 0.619. The van der Waals surface area contributed by atoms with Crippen LogP contribution in [0.25, 0.3) is 28.5 Å². The number of fused-ring (bicyclic) bond motifs is 1. The topological polar surface area (TPSA) is 44.8 Å². The fourth-order valence-corrected chi connectivity index (χ4v) is 3.96. The molecule has 2 radical (unpaired) electrons. The summed E-state index contributed by atoms with van der Waals surface area (Å²) in [5, 5.41) is 2.56. The Morgan fingerprint density at radius 2 is 1.86 bits per heavy atom. The van der Waals surface area contributed by atoms with Crippen LogP contribution >= 0.6 is 0 Å². The molecule has 142 valence electrons. The van der Waals surface area contributed by atoms with Crippen LogP contribution in [0.4, 0.5) is 0 Å². The summed E-state index contributed by atoms with van der Waals surface area (Å²) in [4.78, 5) is 3.56. The van der Waals surface area contributed by atoms with Crippen LogP contribution < -0.4 is 5.73 Å². The van der Waals surface area contributed by atoms with E-state index in [1.54, 1.807) is 4.49 Å². The Morgan fingerprint density at radius 1 is 1.07 bits per heavy atom. The first-order valence-corrected chi connectivity index (χ1v) is 9.93. The van der Waals surface area contributed by atoms with Crippen LogP contribution in [0.1, 0.15) is 34.5 Å². The molecule has 3 N–H and O–H groups in total. The van der Waals surface area contributed by atoms with Gasteiger partial charge in [-0.2, -0.15) is 0 Å². The van der Waals surface area contributed by atoms with E-state index in [1.807, 2.05) is 18.4 Å². The highest BCUT2D eigenvalue weighted by Crippen LogP contribution is 2.28. The van der Waals surface area contributed by atoms with Gasteiger partial charge in [0.2, 0.25) is 0 Å². The lowest BCUT2D eigenvalue weighted by Gasteiger charge is -2.07. The molecule has 3 nitrogen and oxygen atoms in total. The summed E-state index contributed by atoms with van der Waals surface area (Å²) in [5.74, 6) is 0. The fourth-order valence-electron chi connectivity index (χ4n) is 3.96. The summed E-state index contributed by atoms with van der Waals surface area (Å²) < 4.78 is 1.65. The SMILES string of the molecule is [B][N+]1=CC=CC1=C(CCN)c1[nH]c(/C=C/c2ccc(C)c3ccccc23)cc1C. The van der Waals surface area contributed by atoms with Crippen molar-refractivity contribution in [2.45, 2.75) is 20.3 Å². The van der Waals surface area contributed by atoms with Gasteiger partial charge < -0.3 is 10.7 Å². The molecule has 1 aromatic heterocycles. The van der Waals surface area contributed by atoms with Crippen LogP contribution in [0.5, 0.6) is 0 Å². The van der Waals surface area contributed by atoms with Gasteiger partial charge in [0.05, 0.1) is 5.69 Å². The van der Waals surface area contributed by atoms with E-state index < -0.39 is 0 Å². The van der Waals surface area contributed by atoms with Crippen LogP contribution in [0, 0.1) is 13.8 Å². The van der Waals surface area contributed by atoms with E-state index in [-0.39, 0.29) is 0 Å². The molecule has 1 aliphatic heterocycles. The molecule has 0 amide bonds. The first-order valence-electron chi connectivity index (χ1n) is 9.93. The second-order valence-corrected chi connectivity index (χ2v) is 7.45. The number of nitrogens with two attached hydrogens (primary N) is 1. The third kappa shape index (κ3) is 3.76. The third-order valence-corrected chi connectivity index (χ3v) is 5.44. The van der Waals surface area contributed by atoms with E-state index in [1.165, 1.54) is 27.5 Å². The van der Waals surface area contributed by atoms with Crippen molar-refractivity contribution in [2.75, 3.05) is 6.54 Å². The highest BCUT2D eigenvalue weighted by atomic mass is 14.9. The zero-order valence-electron chi connectivity index (χ0n) is 16.9. The number of allylic oxidation sites excluding steroid dienone is 2. The Hall–Kier alpha value is -3.11. The Balaban J connectivity index is 1.72. The number of rotatable bonds is 5. The van der Waals surface area contributed by atoms with Crippen molar-refractivity contribution in [3.05, 3.63) is 88.4 Å². The normalized spacial score (nSPS) is 15.5. The smallest absolute Gasteiger partial charge is 0.355 e. The van der Waals surface area contributed by atoms with Crippen molar-refractivity contribution in [3.8, 4) is 0 Å². The second kappa shape index (κ2) is 8.10. The Kier molecular flexibility index (Phi) is 5.37. The largest absolute Gasteiger partial charge is 0.586 e. The van der Waals surface area contributed by atoms with Gasteiger partial charge in [0.1, 0.15) is 6.21 Å². The first kappa shape index (κ1) is 19.2. The first-order chi connectivity index (χ1) is 14.1. The van der Waals surface area contributed by atoms with Gasteiger partial charge >= 0.3 is 7.98 Å². The molecule has 2 aromatic carbocycles. The summed E-state index contributed by atoms with van der Waals surface area (Å²) in [5.41, 5.74) is 13.8. The summed E-state index contributed by atoms with van der Waals surface area (Å²) in [7, 11) is 6.09. The molecular weight excluding hydrogens is 353 g/mol. The van der Waals surface area contributed by atoms with Gasteiger partial charge in [-0.1, -0.05) is 42.5 Å². The van der Waals surface area contributed by atoms with E-state index >= 15 is 0 Å². The monoisotopic (exact) mass is 378 g/mol. The van der Waals surface area contributed by atoms with Gasteiger partial charge in [-0.3, -0.25) is 4.49 Å². The summed E-state index contributed by atoms with van der Waals surface area (Å²) in [6, 6.07) is 15.1. The predicted molar refractivity (Wildman–Crippen MR) is 125 cm³/mol. The van der Waals surface area contributed by atoms with E-state index in [0.717, 1.165) is 29.1 Å². The second-order valence-electron chi connectivity index (χ2n) is 7.45. The molecule has 29 heavy (non-hydrogen) atoms. The van der Waals surface area contributed by atoms with Crippen molar-refractivity contribution < 1.29 is 4.49 Å². The molecular formula is C25H25BN3+. The number of aromatic nitrogens is 1. The van der Waals surface area contributed by atoms with Crippen LogP contribution in [0.2, 0.25) is 0 Å². The van der Waals surface area contributed by atoms with Crippen molar-refractivity contribution in [1.82, 2.24) is 4.98 Å². The minimum Gasteiger partial charge on any atom is -0.355 e. The van der Waals surface area contributed by atoms with Crippen molar-refractivity contribution >= 4 is 42.7 Å². The molecule has 0 aliphatic carbocycles. The Morgan fingerprint density at radius 3 is 2.59 bits per heavy atom. The lowest BCUT2D eigenvalue weighted by atomic mass is 10.00. The lowest BCUT2D eigenvalue weighted by molar-refractivity contribution is -0.294. The third-order valence-electron chi connectivity index (χ3n) is 5.44. The minimum absolute atomic E-state index is 0.569. The van der Waals surface area contributed by atoms with Gasteiger partial charge in [-0.05, 0) is 66.4 Å². The van der Waals surface area contributed by atoms with Gasteiger partial charge in [0, 0.05) is 23.4 Å². The van der Waals surface area contributed by atoms with E-state index in [9.17, 15) is 0 Å². The number of hydrogen-bond donors (Lipinski definition) is 2. The number of nitrogens with zero attached hydrogens (tertiary/aromatic N) is 1. The average Bonchev–Trinajstić information content (AvgIpc) is 3.31. The van der Waals surface area contributed by atoms with Gasteiger partial charge in [-0.15, -0.1) is 0 Å². The van der Waals surface area contributed by atoms with E-state index in [2.05, 4.69) is 73.4 Å². The maximum Gasteiger partial charge on any atom is 0.586 e. The van der Waals surface area contributed by atoms with E-state index in [0.29, 0.717) is 6.54 Å². The van der Waals surface area contributed by atoms with Gasteiger partial charge in [0.25, 0.3) is 0 Å². The molecule has 0 saturated carbocycles. The van der Waals surface area contributed by atoms with Crippen molar-refractivity contribution in [1.29, 1.82) is 0 Å². The van der Waals surface area contributed by atoms with Crippen molar-refractivity contribution in [3.63, 3.8) is 0 Å². The summed E-state index contributed by atoms with van der Waals surface area (Å²) in [6.07, 6.45) is 10.9. The summed E-state index contributed by atoms with van der Waals surface area (Å²) >= 11 is 0. The number of H-pyrrole nitrogens is 1. The predicted octanol–water partition coefficient (Wildman–Crippen LogP) is 4.75. The molecule has 0 saturated heterocycles. The Labute approximate surface area is 173 Å². The van der Waals surface area contributed by atoms with Gasteiger partial charge in [-0.25, -0.2) is 0 Å². The molecule has 0 unspecified atom stereocenters. The Bertz CT molecular complexity index is 1190. The fraction of sp³-hybridized carbons (Fsp3) is 0.160. The molecule has 0 atom stereocenters. The number of benzene rings is 2. The summed E-state index contributed by atoms with van der Waals surface area (Å²) in [6.45, 7) is 4.84. The molecule has 3 aromatic rings. The molecule has 1 aliphatic rings. The van der Waals surface area contributed by atoms with Crippen LogP contribution in [0.3, 0.4) is 0 Å². The zero-order valence-corrected chi connectivity index (χ0v) is 16.9. The highest BCUT2D eigenvalue weighted by Gasteiger charge is 2.20. The maximum absolute atomic E-state index is 6.09.